The molecule has 3 aromatic rings. The fourth-order valence-corrected chi connectivity index (χ4v) is 3.54. The normalized spacial score (nSPS) is 11.9. The van der Waals surface area contributed by atoms with E-state index in [1.165, 1.54) is 15.3 Å². The second-order valence-electron chi connectivity index (χ2n) is 6.05. The predicted octanol–water partition coefficient (Wildman–Crippen LogP) is 3.61. The van der Waals surface area contributed by atoms with E-state index < -0.39 is 0 Å². The number of rotatable bonds is 7. The van der Waals surface area contributed by atoms with Gasteiger partial charge in [-0.25, -0.2) is 0 Å². The highest BCUT2D eigenvalue weighted by Crippen LogP contribution is 2.10. The van der Waals surface area contributed by atoms with Crippen LogP contribution < -0.4 is 10.2 Å². The van der Waals surface area contributed by atoms with Crippen molar-refractivity contribution in [1.29, 1.82) is 0 Å². The third-order valence-electron chi connectivity index (χ3n) is 4.21. The summed E-state index contributed by atoms with van der Waals surface area (Å²) in [5.74, 6) is -0.0731. The number of para-hydroxylation sites is 1. The van der Waals surface area contributed by atoms with Crippen molar-refractivity contribution in [3.05, 3.63) is 88.1 Å². The van der Waals surface area contributed by atoms with Crippen LogP contribution in [0.4, 0.5) is 5.69 Å². The molecule has 25 heavy (non-hydrogen) atoms. The summed E-state index contributed by atoms with van der Waals surface area (Å²) in [7, 11) is 0. The Labute approximate surface area is 152 Å². The number of carbonyl (C=O) groups excluding carboxylic acids is 1. The fourth-order valence-electron chi connectivity index (χ4n) is 2.76. The van der Waals surface area contributed by atoms with Gasteiger partial charge in [-0.15, -0.1) is 11.3 Å². The molecule has 2 aromatic carbocycles. The molecule has 128 valence electrons. The molecule has 1 amide bonds. The Morgan fingerprint density at radius 3 is 2.36 bits per heavy atom. The number of benzene rings is 2. The lowest BCUT2D eigenvalue weighted by atomic mass is 10.1. The molecule has 3 rings (SSSR count). The van der Waals surface area contributed by atoms with Crippen LogP contribution in [0.5, 0.6) is 0 Å². The molecule has 0 aliphatic carbocycles. The summed E-state index contributed by atoms with van der Waals surface area (Å²) in [6, 6.07) is 21.8. The van der Waals surface area contributed by atoms with E-state index in [0.29, 0.717) is 5.56 Å². The summed E-state index contributed by atoms with van der Waals surface area (Å²) in [5, 5.41) is 5.04. The molecule has 1 unspecified atom stereocenters. The zero-order valence-electron chi connectivity index (χ0n) is 14.4. The zero-order valence-corrected chi connectivity index (χ0v) is 15.2. The summed E-state index contributed by atoms with van der Waals surface area (Å²) in [4.78, 5) is 15.2. The number of quaternary nitrogens is 1. The zero-order chi connectivity index (χ0) is 17.5. The molecule has 0 aliphatic rings. The van der Waals surface area contributed by atoms with Crippen molar-refractivity contribution in [3.8, 4) is 0 Å². The van der Waals surface area contributed by atoms with Crippen LogP contribution >= 0.6 is 11.3 Å². The molecule has 4 heteroatoms. The lowest BCUT2D eigenvalue weighted by Gasteiger charge is -2.17. The molecule has 2 N–H and O–H groups in total. The third kappa shape index (κ3) is 5.02. The predicted molar refractivity (Wildman–Crippen MR) is 104 cm³/mol. The number of carbonyl (C=O) groups is 1. The largest absolute Gasteiger partial charge is 0.327 e. The van der Waals surface area contributed by atoms with Gasteiger partial charge in [0, 0.05) is 16.8 Å². The molecule has 0 bridgehead atoms. The van der Waals surface area contributed by atoms with Crippen molar-refractivity contribution in [3.63, 3.8) is 0 Å². The minimum Gasteiger partial charge on any atom is -0.327 e. The second-order valence-corrected chi connectivity index (χ2v) is 7.09. The van der Waals surface area contributed by atoms with Gasteiger partial charge >= 0.3 is 0 Å². The van der Waals surface area contributed by atoms with E-state index in [-0.39, 0.29) is 5.91 Å². The van der Waals surface area contributed by atoms with Crippen LogP contribution in [0.1, 0.15) is 27.7 Å². The number of thiophene rings is 1. The maximum absolute atomic E-state index is 12.3. The quantitative estimate of drug-likeness (QED) is 0.670. The molecule has 0 fully saturated rings. The van der Waals surface area contributed by atoms with Gasteiger partial charge in [0.1, 0.15) is 13.1 Å². The van der Waals surface area contributed by atoms with Gasteiger partial charge in [0.05, 0.1) is 11.4 Å². The molecule has 0 radical (unpaired) electrons. The van der Waals surface area contributed by atoms with Crippen molar-refractivity contribution in [1.82, 2.24) is 0 Å². The average Bonchev–Trinajstić information content (AvgIpc) is 3.15. The van der Waals surface area contributed by atoms with E-state index in [1.807, 2.05) is 53.8 Å². The van der Waals surface area contributed by atoms with Gasteiger partial charge in [-0.05, 0) is 42.6 Å². The molecule has 0 aliphatic heterocycles. The first-order valence-corrected chi connectivity index (χ1v) is 9.44. The van der Waals surface area contributed by atoms with Gasteiger partial charge in [0.15, 0.2) is 0 Å². The van der Waals surface area contributed by atoms with Crippen molar-refractivity contribution in [2.45, 2.75) is 20.0 Å². The lowest BCUT2D eigenvalue weighted by molar-refractivity contribution is -0.925. The molecule has 1 atom stereocenters. The van der Waals surface area contributed by atoms with Gasteiger partial charge < -0.3 is 10.2 Å². The van der Waals surface area contributed by atoms with E-state index >= 15 is 0 Å². The molecular formula is C21H23N2OS+. The number of hydrogen-bond acceptors (Lipinski definition) is 2. The Morgan fingerprint density at radius 2 is 1.72 bits per heavy atom. The molecule has 0 saturated heterocycles. The highest BCUT2D eigenvalue weighted by molar-refractivity contribution is 7.09. The first-order chi connectivity index (χ1) is 12.2. The summed E-state index contributed by atoms with van der Waals surface area (Å²) < 4.78 is 0. The molecular weight excluding hydrogens is 328 g/mol. The van der Waals surface area contributed by atoms with Crippen molar-refractivity contribution >= 4 is 22.9 Å². The second kappa shape index (κ2) is 8.60. The van der Waals surface area contributed by atoms with Gasteiger partial charge in [0.25, 0.3) is 5.91 Å². The first-order valence-electron chi connectivity index (χ1n) is 8.56. The molecule has 0 saturated carbocycles. The summed E-state index contributed by atoms with van der Waals surface area (Å²) in [5.41, 5.74) is 2.75. The monoisotopic (exact) mass is 351 g/mol. The Kier molecular flexibility index (Phi) is 5.99. The third-order valence-corrected chi connectivity index (χ3v) is 5.08. The van der Waals surface area contributed by atoms with Crippen LogP contribution in [-0.2, 0) is 13.1 Å². The van der Waals surface area contributed by atoms with Gasteiger partial charge in [0.2, 0.25) is 0 Å². The first kappa shape index (κ1) is 17.4. The maximum Gasteiger partial charge on any atom is 0.255 e. The van der Waals surface area contributed by atoms with Gasteiger partial charge in [-0.3, -0.25) is 4.79 Å². The van der Waals surface area contributed by atoms with Crippen molar-refractivity contribution < 1.29 is 9.69 Å². The molecule has 1 aromatic heterocycles. The topological polar surface area (TPSA) is 33.5 Å². The van der Waals surface area contributed by atoms with Gasteiger partial charge in [-0.1, -0.05) is 36.4 Å². The van der Waals surface area contributed by atoms with E-state index in [1.54, 1.807) is 0 Å². The van der Waals surface area contributed by atoms with E-state index in [9.17, 15) is 4.79 Å². The van der Waals surface area contributed by atoms with Crippen LogP contribution in [0.25, 0.3) is 0 Å². The fraction of sp³-hybridized carbons (Fsp3) is 0.190. The number of hydrogen-bond donors (Lipinski definition) is 2. The standard InChI is InChI=1S/C21H22N2OS/c1-2-23(16-20-9-6-14-25-20)15-17-10-12-18(13-11-17)21(24)22-19-7-4-3-5-8-19/h3-14H,2,15-16H2,1H3,(H,22,24)/p+1. The van der Waals surface area contributed by atoms with Crippen LogP contribution in [0.2, 0.25) is 0 Å². The summed E-state index contributed by atoms with van der Waals surface area (Å²) in [6.07, 6.45) is 0. The number of amides is 1. The lowest BCUT2D eigenvalue weighted by Crippen LogP contribution is -3.09. The minimum absolute atomic E-state index is 0.0731. The summed E-state index contributed by atoms with van der Waals surface area (Å²) in [6.45, 7) is 5.30. The van der Waals surface area contributed by atoms with Gasteiger partial charge in [-0.2, -0.15) is 0 Å². The highest BCUT2D eigenvalue weighted by Gasteiger charge is 2.11. The minimum atomic E-state index is -0.0731. The SMILES string of the molecule is CC[NH+](Cc1ccc(C(=O)Nc2ccccc2)cc1)Cc1cccs1. The number of nitrogens with one attached hydrogen (secondary N) is 2. The Balaban J connectivity index is 1.60. The Hall–Kier alpha value is -2.43. The van der Waals surface area contributed by atoms with Crippen molar-refractivity contribution in [2.24, 2.45) is 0 Å². The van der Waals surface area contributed by atoms with E-state index in [4.69, 9.17) is 0 Å². The smallest absolute Gasteiger partial charge is 0.255 e. The highest BCUT2D eigenvalue weighted by atomic mass is 32.1. The van der Waals surface area contributed by atoms with Crippen LogP contribution in [0.3, 0.4) is 0 Å². The average molecular weight is 351 g/mol. The number of anilines is 1. The Bertz CT molecular complexity index is 783. The maximum atomic E-state index is 12.3. The molecule has 3 nitrogen and oxygen atoms in total. The van der Waals surface area contributed by atoms with E-state index in [0.717, 1.165) is 25.3 Å². The van der Waals surface area contributed by atoms with Crippen LogP contribution in [0, 0.1) is 0 Å². The molecule has 0 spiro atoms. The Morgan fingerprint density at radius 1 is 0.960 bits per heavy atom. The van der Waals surface area contributed by atoms with Crippen molar-refractivity contribution in [2.75, 3.05) is 11.9 Å². The van der Waals surface area contributed by atoms with Crippen LogP contribution in [-0.4, -0.2) is 12.5 Å². The van der Waals surface area contributed by atoms with Crippen LogP contribution in [0.15, 0.2) is 72.1 Å². The summed E-state index contributed by atoms with van der Waals surface area (Å²) >= 11 is 1.81. The molecule has 1 heterocycles. The van der Waals surface area contributed by atoms with E-state index in [2.05, 4.69) is 41.9 Å².